The van der Waals surface area contributed by atoms with E-state index in [1.54, 1.807) is 39.0 Å². The molecule has 0 aliphatic carbocycles. The molecule has 2 rings (SSSR count). The Hall–Kier alpha value is -1.89. The fraction of sp³-hybridized carbons (Fsp3) is 0.467. The Morgan fingerprint density at radius 1 is 1.41 bits per heavy atom. The minimum absolute atomic E-state index is 0.0456. The van der Waals surface area contributed by atoms with Crippen molar-refractivity contribution < 1.29 is 19.0 Å². The topological polar surface area (TPSA) is 69.2 Å². The van der Waals surface area contributed by atoms with E-state index in [1.165, 1.54) is 0 Å². The first-order valence-electron chi connectivity index (χ1n) is 7.01. The molecule has 1 heterocycles. The van der Waals surface area contributed by atoms with Crippen LogP contribution in [-0.2, 0) is 9.53 Å². The minimum atomic E-state index is -0.208. The van der Waals surface area contributed by atoms with Gasteiger partial charge in [-0.1, -0.05) is 11.8 Å². The first-order chi connectivity index (χ1) is 10.7. The molecule has 0 saturated heterocycles. The first kappa shape index (κ1) is 16.5. The molecule has 1 aromatic rings. The van der Waals surface area contributed by atoms with Crippen molar-refractivity contribution in [2.45, 2.75) is 19.4 Å². The summed E-state index contributed by atoms with van der Waals surface area (Å²) >= 11 is 1.58. The van der Waals surface area contributed by atoms with Crippen LogP contribution in [0, 0.1) is 0 Å². The van der Waals surface area contributed by atoms with E-state index in [0.29, 0.717) is 18.8 Å². The number of anilines is 1. The third-order valence-corrected chi connectivity index (χ3v) is 4.10. The van der Waals surface area contributed by atoms with Gasteiger partial charge in [0.25, 0.3) is 0 Å². The summed E-state index contributed by atoms with van der Waals surface area (Å²) in [6, 6.07) is 5.48. The Morgan fingerprint density at radius 2 is 2.23 bits per heavy atom. The molecule has 7 heteroatoms. The van der Waals surface area contributed by atoms with E-state index < -0.39 is 0 Å². The zero-order chi connectivity index (χ0) is 15.9. The molecule has 0 saturated carbocycles. The average molecular weight is 324 g/mol. The van der Waals surface area contributed by atoms with Crippen molar-refractivity contribution in [2.75, 3.05) is 31.9 Å². The lowest BCUT2D eigenvalue weighted by molar-refractivity contribution is -0.143. The van der Waals surface area contributed by atoms with Gasteiger partial charge in [-0.3, -0.25) is 9.79 Å². The highest BCUT2D eigenvalue weighted by Crippen LogP contribution is 2.31. The summed E-state index contributed by atoms with van der Waals surface area (Å²) in [5.74, 6) is 1.96. The summed E-state index contributed by atoms with van der Waals surface area (Å²) in [5.41, 5.74) is 0.811. The number of aliphatic imine (C=N–C) groups is 1. The second kappa shape index (κ2) is 7.93. The molecular formula is C15H20N2O4S. The Labute approximate surface area is 134 Å². The lowest BCUT2D eigenvalue weighted by Crippen LogP contribution is -2.14. The number of esters is 1. The van der Waals surface area contributed by atoms with Gasteiger partial charge in [-0.25, -0.2) is 0 Å². The van der Waals surface area contributed by atoms with Gasteiger partial charge < -0.3 is 19.5 Å². The molecule has 0 fully saturated rings. The SMILES string of the molecule is CCOC(=O)CC1CSC(Nc2ccc(OC)cc2OC)=N1. The summed E-state index contributed by atoms with van der Waals surface area (Å²) in [5, 5.41) is 4.00. The van der Waals surface area contributed by atoms with E-state index in [4.69, 9.17) is 14.2 Å². The molecule has 0 amide bonds. The monoisotopic (exact) mass is 324 g/mol. The van der Waals surface area contributed by atoms with Gasteiger partial charge in [0, 0.05) is 11.8 Å². The van der Waals surface area contributed by atoms with Gasteiger partial charge in [-0.15, -0.1) is 0 Å². The Balaban J connectivity index is 2.00. The fourth-order valence-electron chi connectivity index (χ4n) is 2.02. The van der Waals surface area contributed by atoms with Crippen LogP contribution in [0.1, 0.15) is 13.3 Å². The number of benzene rings is 1. The number of amidine groups is 1. The van der Waals surface area contributed by atoms with Crippen LogP contribution in [0.25, 0.3) is 0 Å². The molecule has 0 spiro atoms. The van der Waals surface area contributed by atoms with Crippen molar-refractivity contribution in [3.8, 4) is 11.5 Å². The maximum Gasteiger partial charge on any atom is 0.307 e. The standard InChI is InChI=1S/C15H20N2O4S/c1-4-21-14(18)7-10-9-22-15(16-10)17-12-6-5-11(19-2)8-13(12)20-3/h5-6,8,10H,4,7,9H2,1-3H3,(H,16,17). The number of methoxy groups -OCH3 is 2. The van der Waals surface area contributed by atoms with Gasteiger partial charge in [-0.2, -0.15) is 0 Å². The third-order valence-electron chi connectivity index (χ3n) is 3.07. The van der Waals surface area contributed by atoms with E-state index in [1.807, 2.05) is 12.1 Å². The second-order valence-electron chi connectivity index (χ2n) is 4.60. The molecular weight excluding hydrogens is 304 g/mol. The summed E-state index contributed by atoms with van der Waals surface area (Å²) in [6.07, 6.45) is 0.311. The number of ether oxygens (including phenoxy) is 3. The summed E-state index contributed by atoms with van der Waals surface area (Å²) in [4.78, 5) is 16.0. The van der Waals surface area contributed by atoms with Crippen LogP contribution in [0.15, 0.2) is 23.2 Å². The highest BCUT2D eigenvalue weighted by atomic mass is 32.2. The van der Waals surface area contributed by atoms with Gasteiger partial charge in [0.05, 0.1) is 39.0 Å². The molecule has 1 aromatic carbocycles. The van der Waals surface area contributed by atoms with Crippen molar-refractivity contribution in [1.29, 1.82) is 0 Å². The number of hydrogen-bond donors (Lipinski definition) is 1. The zero-order valence-electron chi connectivity index (χ0n) is 12.9. The predicted octanol–water partition coefficient (Wildman–Crippen LogP) is 2.54. The Morgan fingerprint density at radius 3 is 2.91 bits per heavy atom. The van der Waals surface area contributed by atoms with Crippen molar-refractivity contribution >= 4 is 28.6 Å². The second-order valence-corrected chi connectivity index (χ2v) is 5.61. The van der Waals surface area contributed by atoms with Crippen LogP contribution in [0.2, 0.25) is 0 Å². The smallest absolute Gasteiger partial charge is 0.307 e. The van der Waals surface area contributed by atoms with Crippen LogP contribution in [0.5, 0.6) is 11.5 Å². The molecule has 1 aliphatic rings. The molecule has 1 unspecified atom stereocenters. The van der Waals surface area contributed by atoms with Crippen LogP contribution in [0.4, 0.5) is 5.69 Å². The van der Waals surface area contributed by atoms with E-state index in [9.17, 15) is 4.79 Å². The number of thioether (sulfide) groups is 1. The molecule has 22 heavy (non-hydrogen) atoms. The molecule has 0 radical (unpaired) electrons. The van der Waals surface area contributed by atoms with Gasteiger partial charge in [0.1, 0.15) is 11.5 Å². The molecule has 1 aliphatic heterocycles. The predicted molar refractivity (Wildman–Crippen MR) is 88.1 cm³/mol. The normalized spacial score (nSPS) is 16.9. The third kappa shape index (κ3) is 4.30. The molecule has 0 aromatic heterocycles. The molecule has 1 atom stereocenters. The number of carbonyl (C=O) groups is 1. The molecule has 6 nitrogen and oxygen atoms in total. The molecule has 1 N–H and O–H groups in total. The minimum Gasteiger partial charge on any atom is -0.497 e. The quantitative estimate of drug-likeness (QED) is 0.811. The Bertz CT molecular complexity index is 562. The number of hydrogen-bond acceptors (Lipinski definition) is 7. The van der Waals surface area contributed by atoms with Gasteiger partial charge >= 0.3 is 5.97 Å². The lowest BCUT2D eigenvalue weighted by Gasteiger charge is -2.11. The van der Waals surface area contributed by atoms with Gasteiger partial charge in [0.2, 0.25) is 0 Å². The van der Waals surface area contributed by atoms with E-state index in [-0.39, 0.29) is 12.0 Å². The van der Waals surface area contributed by atoms with Crippen LogP contribution >= 0.6 is 11.8 Å². The van der Waals surface area contributed by atoms with Crippen LogP contribution < -0.4 is 14.8 Å². The number of rotatable bonds is 6. The summed E-state index contributed by atoms with van der Waals surface area (Å²) in [6.45, 7) is 2.20. The van der Waals surface area contributed by atoms with Crippen molar-refractivity contribution in [3.05, 3.63) is 18.2 Å². The fourth-order valence-corrected chi connectivity index (χ4v) is 2.97. The summed E-state index contributed by atoms with van der Waals surface area (Å²) < 4.78 is 15.5. The average Bonchev–Trinajstić information content (AvgIpc) is 2.94. The zero-order valence-corrected chi connectivity index (χ0v) is 13.7. The maximum absolute atomic E-state index is 11.5. The van der Waals surface area contributed by atoms with Gasteiger partial charge in [-0.05, 0) is 19.1 Å². The van der Waals surface area contributed by atoms with Crippen molar-refractivity contribution in [2.24, 2.45) is 4.99 Å². The van der Waals surface area contributed by atoms with Crippen molar-refractivity contribution in [3.63, 3.8) is 0 Å². The van der Waals surface area contributed by atoms with E-state index in [2.05, 4.69) is 10.3 Å². The van der Waals surface area contributed by atoms with E-state index in [0.717, 1.165) is 22.4 Å². The highest BCUT2D eigenvalue weighted by molar-refractivity contribution is 8.14. The first-order valence-corrected chi connectivity index (χ1v) is 8.00. The van der Waals surface area contributed by atoms with Gasteiger partial charge in [0.15, 0.2) is 5.17 Å². The maximum atomic E-state index is 11.5. The van der Waals surface area contributed by atoms with Crippen LogP contribution in [0.3, 0.4) is 0 Å². The Kier molecular flexibility index (Phi) is 5.94. The van der Waals surface area contributed by atoms with E-state index >= 15 is 0 Å². The van der Waals surface area contributed by atoms with Crippen molar-refractivity contribution in [1.82, 2.24) is 0 Å². The number of nitrogens with zero attached hydrogens (tertiary/aromatic N) is 1. The largest absolute Gasteiger partial charge is 0.497 e. The number of nitrogens with one attached hydrogen (secondary N) is 1. The molecule has 120 valence electrons. The number of carbonyl (C=O) groups excluding carboxylic acids is 1. The lowest BCUT2D eigenvalue weighted by atomic mass is 10.2. The molecule has 0 bridgehead atoms. The van der Waals surface area contributed by atoms with Crippen LogP contribution in [-0.4, -0.2) is 43.8 Å². The highest BCUT2D eigenvalue weighted by Gasteiger charge is 2.22. The summed E-state index contributed by atoms with van der Waals surface area (Å²) in [7, 11) is 3.21.